The van der Waals surface area contributed by atoms with Gasteiger partial charge >= 0.3 is 0 Å². The van der Waals surface area contributed by atoms with Crippen LogP contribution in [0.15, 0.2) is 235 Å². The molecule has 1 aliphatic carbocycles. The van der Waals surface area contributed by atoms with Gasteiger partial charge in [-0.2, -0.15) is 0 Å². The van der Waals surface area contributed by atoms with Gasteiger partial charge in [0.15, 0.2) is 5.82 Å². The van der Waals surface area contributed by atoms with Crippen LogP contribution in [-0.4, -0.2) is 19.6 Å². The van der Waals surface area contributed by atoms with Crippen molar-refractivity contribution in [3.63, 3.8) is 0 Å². The largest absolute Gasteiger partial charge is 0.507 e. The molecular formula is C88H76N3O2Pt-. The summed E-state index contributed by atoms with van der Waals surface area (Å²) in [5.41, 5.74) is 29.0. The molecule has 11 aromatic carbocycles. The zero-order chi connectivity index (χ0) is 64.2. The summed E-state index contributed by atoms with van der Waals surface area (Å²) in [4.78, 5) is 11.7. The van der Waals surface area contributed by atoms with Gasteiger partial charge in [0.2, 0.25) is 0 Å². The van der Waals surface area contributed by atoms with Crippen LogP contribution in [0.25, 0.3) is 139 Å². The van der Waals surface area contributed by atoms with Crippen LogP contribution in [0.4, 0.5) is 0 Å². The number of aromatic nitrogens is 3. The summed E-state index contributed by atoms with van der Waals surface area (Å²) in [6, 6.07) is 88.1. The molecule has 0 amide bonds. The first-order chi connectivity index (χ1) is 44.8. The van der Waals surface area contributed by atoms with Crippen molar-refractivity contribution >= 4 is 33.0 Å². The van der Waals surface area contributed by atoms with E-state index in [9.17, 15) is 5.11 Å². The Morgan fingerprint density at radius 1 is 0.436 bits per heavy atom. The molecule has 1 N–H and O–H groups in total. The number of nitrogens with zero attached hydrogens (tertiary/aromatic N) is 3. The summed E-state index contributed by atoms with van der Waals surface area (Å²) in [6.07, 6.45) is 1.64. The van der Waals surface area contributed by atoms with Gasteiger partial charge in [0.1, 0.15) is 17.0 Å². The number of pyridine rings is 1. The average molecular weight is 1400 g/mol. The normalized spacial score (nSPS) is 12.5. The van der Waals surface area contributed by atoms with E-state index < -0.39 is 0 Å². The van der Waals surface area contributed by atoms with Crippen molar-refractivity contribution in [2.75, 3.05) is 0 Å². The third-order valence-corrected chi connectivity index (χ3v) is 19.3. The van der Waals surface area contributed by atoms with Crippen LogP contribution in [0.1, 0.15) is 101 Å². The van der Waals surface area contributed by atoms with E-state index >= 15 is 0 Å². The van der Waals surface area contributed by atoms with Gasteiger partial charge in [0.25, 0.3) is 0 Å². The molecule has 0 atom stereocenters. The molecule has 0 unspecified atom stereocenters. The Kier molecular flexibility index (Phi) is 15.6. The first-order valence-corrected chi connectivity index (χ1v) is 32.7. The van der Waals surface area contributed by atoms with E-state index in [4.69, 9.17) is 14.4 Å². The predicted molar refractivity (Wildman–Crippen MR) is 389 cm³/mol. The van der Waals surface area contributed by atoms with Crippen LogP contribution < -0.4 is 0 Å². The van der Waals surface area contributed by atoms with Gasteiger partial charge in [0.05, 0.1) is 28.0 Å². The Morgan fingerprint density at radius 3 is 1.56 bits per heavy atom. The van der Waals surface area contributed by atoms with Gasteiger partial charge in [0, 0.05) is 26.6 Å². The number of benzene rings is 11. The summed E-state index contributed by atoms with van der Waals surface area (Å²) in [6.45, 7) is 25.0. The Balaban J connectivity index is 0.00000763. The van der Waals surface area contributed by atoms with E-state index in [1.54, 1.807) is 6.07 Å². The van der Waals surface area contributed by atoms with Gasteiger partial charge < -0.3 is 9.52 Å². The van der Waals surface area contributed by atoms with Crippen molar-refractivity contribution in [2.24, 2.45) is 0 Å². The molecule has 0 aliphatic heterocycles. The van der Waals surface area contributed by atoms with Crippen LogP contribution in [0.2, 0.25) is 0 Å². The first-order valence-electron chi connectivity index (χ1n) is 32.7. The molecule has 1 aliphatic rings. The second-order valence-electron chi connectivity index (χ2n) is 28.6. The van der Waals surface area contributed by atoms with Crippen LogP contribution >= 0.6 is 0 Å². The number of phenols is 1. The number of phenolic OH excluding ortho intramolecular Hbond substituents is 1. The minimum atomic E-state index is -0.113. The fourth-order valence-electron chi connectivity index (χ4n) is 14.4. The van der Waals surface area contributed by atoms with Crippen molar-refractivity contribution in [2.45, 2.75) is 105 Å². The standard InChI is InChI=1S/C88H76N3O2.Pt/c1-53-24-17-25-54(2)84(53)91-73-47-45-70(79-66(58-29-18-32-62(48-58)86(3,4)5)37-23-38-67(79)59-30-19-33-63(49-59)87(6,7)8)77(83(73)90-85(91)72-46-44-57-43-42-56-28-21-40-74(92)78(56)82(57)89-72)61-51-71(81-69-35-15-16-41-75(69)93-76(81)52-61)80-65(55-26-13-12-14-27-55)36-22-39-68(80)60-31-20-34-64(50-60)88(9,10)11;/h12-41,44-50,52,92H,42-43H2,1-11H3;/q-1;. The molecule has 3 heterocycles. The number of hydrogen-bond acceptors (Lipinski definition) is 4. The summed E-state index contributed by atoms with van der Waals surface area (Å²) in [5, 5.41) is 13.7. The monoisotopic (exact) mass is 1400 g/mol. The van der Waals surface area contributed by atoms with Crippen molar-refractivity contribution in [1.82, 2.24) is 14.5 Å². The van der Waals surface area contributed by atoms with Crippen LogP contribution in [-0.2, 0) is 50.2 Å². The Morgan fingerprint density at radius 2 is 0.957 bits per heavy atom. The number of hydrogen-bond donors (Lipinski definition) is 1. The molecule has 0 bridgehead atoms. The second kappa shape index (κ2) is 23.7. The van der Waals surface area contributed by atoms with E-state index in [-0.39, 0.29) is 43.1 Å². The number of imidazole rings is 1. The number of aromatic hydroxyl groups is 1. The average Bonchev–Trinajstić information content (AvgIpc) is 1.49. The number of furan rings is 1. The molecule has 466 valence electrons. The molecule has 0 saturated carbocycles. The molecule has 5 nitrogen and oxygen atoms in total. The fourth-order valence-corrected chi connectivity index (χ4v) is 14.4. The fraction of sp³-hybridized carbons (Fsp3) is 0.182. The molecular weight excluding hydrogens is 1330 g/mol. The van der Waals surface area contributed by atoms with Crippen molar-refractivity contribution in [1.29, 1.82) is 0 Å². The van der Waals surface area contributed by atoms with E-state index in [2.05, 4.69) is 305 Å². The zero-order valence-corrected chi connectivity index (χ0v) is 57.6. The molecule has 94 heavy (non-hydrogen) atoms. The minimum absolute atomic E-state index is 0. The molecule has 0 saturated heterocycles. The number of aryl methyl sites for hydroxylation is 4. The predicted octanol–water partition coefficient (Wildman–Crippen LogP) is 23.4. The van der Waals surface area contributed by atoms with E-state index in [1.165, 1.54) is 16.7 Å². The van der Waals surface area contributed by atoms with Gasteiger partial charge in [-0.3, -0.25) is 4.57 Å². The van der Waals surface area contributed by atoms with Gasteiger partial charge in [-0.15, -0.1) is 17.2 Å². The maximum Gasteiger partial charge on any atom is 0.163 e. The van der Waals surface area contributed by atoms with Gasteiger partial charge in [-0.05, 0) is 178 Å². The number of para-hydroxylation sites is 2. The van der Waals surface area contributed by atoms with Gasteiger partial charge in [-0.1, -0.05) is 274 Å². The first kappa shape index (κ1) is 61.8. The minimum Gasteiger partial charge on any atom is -0.507 e. The third kappa shape index (κ3) is 10.8. The summed E-state index contributed by atoms with van der Waals surface area (Å²) < 4.78 is 9.62. The molecule has 3 aromatic heterocycles. The van der Waals surface area contributed by atoms with E-state index in [0.29, 0.717) is 11.5 Å². The Bertz CT molecular complexity index is 5220. The molecule has 6 heteroatoms. The molecule has 14 aromatic rings. The van der Waals surface area contributed by atoms with E-state index in [0.717, 1.165) is 163 Å². The van der Waals surface area contributed by atoms with Gasteiger partial charge in [-0.25, -0.2) is 9.97 Å². The Hall–Kier alpha value is -9.67. The van der Waals surface area contributed by atoms with Crippen LogP contribution in [0, 0.1) is 19.9 Å². The summed E-state index contributed by atoms with van der Waals surface area (Å²) in [5.74, 6) is 0.922. The van der Waals surface area contributed by atoms with Crippen molar-refractivity contribution < 1.29 is 30.6 Å². The number of rotatable bonds is 9. The smallest absolute Gasteiger partial charge is 0.163 e. The van der Waals surface area contributed by atoms with Crippen molar-refractivity contribution in [3.05, 3.63) is 276 Å². The maximum absolute atomic E-state index is 11.7. The topological polar surface area (TPSA) is 64.1 Å². The molecule has 0 fully saturated rings. The number of fused-ring (bicyclic) bond motifs is 7. The SMILES string of the molecule is Cc1cccc(C)c1-n1c(-c2ccc3c(n2)-c2c(O)cccc2CC3)nc2c(-c3[c-]c(-c4c(-c5ccccc5)cccc4-c4cccc(C(C)(C)C)c4)c4c(c3)oc3ccccc34)c(-c3c(-c4cccc(C(C)(C)C)c4)cccc3-c3cccc(C(C)(C)C)c3)ccc21.[Pt]. The van der Waals surface area contributed by atoms with Crippen LogP contribution in [0.3, 0.4) is 0 Å². The van der Waals surface area contributed by atoms with Crippen molar-refractivity contribution in [3.8, 4) is 112 Å². The quantitative estimate of drug-likeness (QED) is 0.146. The molecule has 15 rings (SSSR count). The second-order valence-corrected chi connectivity index (χ2v) is 28.6. The summed E-state index contributed by atoms with van der Waals surface area (Å²) in [7, 11) is 0. The third-order valence-electron chi connectivity index (χ3n) is 19.3. The Labute approximate surface area is 567 Å². The van der Waals surface area contributed by atoms with E-state index in [1.807, 2.05) is 6.07 Å². The molecule has 0 radical (unpaired) electrons. The summed E-state index contributed by atoms with van der Waals surface area (Å²) >= 11 is 0. The maximum atomic E-state index is 11.7. The van der Waals surface area contributed by atoms with Crippen LogP contribution in [0.5, 0.6) is 5.75 Å². The zero-order valence-electron chi connectivity index (χ0n) is 55.4. The molecule has 0 spiro atoms.